The Hall–Kier alpha value is -3.25. The minimum atomic E-state index is -2.00. The third-order valence-corrected chi connectivity index (χ3v) is 10.0. The van der Waals surface area contributed by atoms with E-state index in [2.05, 4.69) is 92.2 Å². The van der Waals surface area contributed by atoms with Gasteiger partial charge in [-0.05, 0) is 63.9 Å². The van der Waals surface area contributed by atoms with Crippen molar-refractivity contribution >= 4 is 36.2 Å². The number of carboxylic acids is 1. The van der Waals surface area contributed by atoms with Crippen LogP contribution in [0.3, 0.4) is 0 Å². The van der Waals surface area contributed by atoms with Gasteiger partial charge in [-0.25, -0.2) is 14.4 Å². The van der Waals surface area contributed by atoms with E-state index in [0.717, 1.165) is 16.7 Å². The molecule has 2 heterocycles. The molecule has 164 valence electrons. The smallest absolute Gasteiger partial charge is 0.354 e. The number of anilines is 1. The van der Waals surface area contributed by atoms with Crippen molar-refractivity contribution in [1.82, 2.24) is 4.98 Å². The van der Waals surface area contributed by atoms with Gasteiger partial charge >= 0.3 is 5.97 Å². The van der Waals surface area contributed by atoms with Gasteiger partial charge in [0.05, 0.1) is 0 Å². The number of hydrogen-bond acceptors (Lipinski definition) is 3. The highest BCUT2D eigenvalue weighted by Crippen LogP contribution is 2.42. The summed E-state index contributed by atoms with van der Waals surface area (Å²) in [6.07, 6.45) is 8.45. The number of pyridine rings is 1. The predicted octanol–water partition coefficient (Wildman–Crippen LogP) is 3.63. The highest BCUT2D eigenvalue weighted by molar-refractivity contribution is 6.98. The lowest BCUT2D eigenvalue weighted by Crippen LogP contribution is -2.49. The van der Waals surface area contributed by atoms with Crippen molar-refractivity contribution < 1.29 is 14.5 Å². The maximum atomic E-state index is 11.5. The summed E-state index contributed by atoms with van der Waals surface area (Å²) < 4.78 is 2.14. The second-order valence-corrected chi connectivity index (χ2v) is 13.8. The Bertz CT molecular complexity index is 1280. The SMILES string of the molecule is Cc1cc(C(=O)O)ncc1C1=C2C=CC(=[N+](C)C)C=C2[Si](C)(C)c2cc(N(C)C)ccc21. The lowest BCUT2D eigenvalue weighted by Gasteiger charge is -2.38. The number of aromatic carboxylic acids is 1. The molecule has 32 heavy (non-hydrogen) atoms. The van der Waals surface area contributed by atoms with Crippen molar-refractivity contribution in [3.63, 3.8) is 0 Å². The van der Waals surface area contributed by atoms with Gasteiger partial charge in [-0.2, -0.15) is 0 Å². The first-order valence-electron chi connectivity index (χ1n) is 10.7. The van der Waals surface area contributed by atoms with Gasteiger partial charge in [0.15, 0.2) is 5.71 Å². The number of carbonyl (C=O) groups is 1. The van der Waals surface area contributed by atoms with Gasteiger partial charge in [0.1, 0.15) is 27.9 Å². The number of nitrogens with zero attached hydrogens (tertiary/aromatic N) is 3. The average molecular weight is 445 g/mol. The molecule has 6 heteroatoms. The summed E-state index contributed by atoms with van der Waals surface area (Å²) in [4.78, 5) is 17.9. The Morgan fingerprint density at radius 1 is 1.09 bits per heavy atom. The van der Waals surface area contributed by atoms with E-state index < -0.39 is 14.0 Å². The summed E-state index contributed by atoms with van der Waals surface area (Å²) in [5.74, 6) is -1.01. The zero-order chi connectivity index (χ0) is 23.4. The molecule has 1 aliphatic carbocycles. The molecule has 2 aromatic rings. The predicted molar refractivity (Wildman–Crippen MR) is 134 cm³/mol. The second kappa shape index (κ2) is 7.71. The van der Waals surface area contributed by atoms with Crippen molar-refractivity contribution in [2.24, 2.45) is 0 Å². The van der Waals surface area contributed by atoms with Gasteiger partial charge in [-0.15, -0.1) is 0 Å². The Kier molecular flexibility index (Phi) is 5.29. The van der Waals surface area contributed by atoms with Crippen molar-refractivity contribution in [1.29, 1.82) is 0 Å². The molecular weight excluding hydrogens is 414 g/mol. The summed E-state index contributed by atoms with van der Waals surface area (Å²) in [7, 11) is 6.28. The van der Waals surface area contributed by atoms with Crippen molar-refractivity contribution in [3.8, 4) is 0 Å². The van der Waals surface area contributed by atoms with Crippen LogP contribution in [0.15, 0.2) is 59.5 Å². The standard InChI is InChI=1S/C26H29N3O2Si/c1-16-12-22(26(30)31)27-15-21(16)25-19-10-8-17(28(2)3)13-23(19)32(6,7)24-14-18(29(4)5)9-11-20(24)25/h8-15H,1-7H3/p+1. The van der Waals surface area contributed by atoms with Crippen LogP contribution >= 0.6 is 0 Å². The van der Waals surface area contributed by atoms with Crippen LogP contribution in [-0.2, 0) is 0 Å². The Morgan fingerprint density at radius 2 is 1.81 bits per heavy atom. The van der Waals surface area contributed by atoms with Crippen molar-refractivity contribution in [3.05, 3.63) is 81.8 Å². The molecule has 1 N–H and O–H groups in total. The molecule has 0 saturated carbocycles. The Morgan fingerprint density at radius 3 is 2.41 bits per heavy atom. The lowest BCUT2D eigenvalue weighted by atomic mass is 9.88. The van der Waals surface area contributed by atoms with Crippen molar-refractivity contribution in [2.45, 2.75) is 20.0 Å². The van der Waals surface area contributed by atoms with E-state index in [4.69, 9.17) is 0 Å². The summed E-state index contributed by atoms with van der Waals surface area (Å²) in [5, 5.41) is 12.2. The molecule has 0 atom stereocenters. The fraction of sp³-hybridized carbons (Fsp3) is 0.269. The Labute approximate surface area is 190 Å². The molecule has 2 aliphatic rings. The molecule has 0 bridgehead atoms. The summed E-state index contributed by atoms with van der Waals surface area (Å²) >= 11 is 0. The van der Waals surface area contributed by atoms with E-state index in [1.165, 1.54) is 32.9 Å². The molecular formula is C26H30N3O2Si+. The molecule has 4 rings (SSSR count). The molecule has 0 spiro atoms. The Balaban J connectivity index is 2.08. The molecule has 5 nitrogen and oxygen atoms in total. The molecule has 1 aromatic carbocycles. The van der Waals surface area contributed by atoms with E-state index in [1.54, 1.807) is 12.3 Å². The number of benzene rings is 1. The highest BCUT2D eigenvalue weighted by Gasteiger charge is 2.40. The summed E-state index contributed by atoms with van der Waals surface area (Å²) in [6.45, 7) is 6.80. The summed E-state index contributed by atoms with van der Waals surface area (Å²) in [6, 6.07) is 8.39. The van der Waals surface area contributed by atoms with E-state index >= 15 is 0 Å². The number of rotatable bonds is 3. The number of aryl methyl sites for hydroxylation is 1. The molecule has 0 amide bonds. The number of aromatic nitrogens is 1. The van der Waals surface area contributed by atoms with E-state index in [-0.39, 0.29) is 5.69 Å². The number of hydrogen-bond donors (Lipinski definition) is 1. The minimum absolute atomic E-state index is 0.0729. The lowest BCUT2D eigenvalue weighted by molar-refractivity contribution is -0.462. The van der Waals surface area contributed by atoms with E-state index in [1.807, 2.05) is 6.92 Å². The van der Waals surface area contributed by atoms with E-state index in [9.17, 15) is 9.90 Å². The largest absolute Gasteiger partial charge is 0.477 e. The van der Waals surface area contributed by atoms with Crippen LogP contribution in [0.2, 0.25) is 13.1 Å². The monoisotopic (exact) mass is 444 g/mol. The van der Waals surface area contributed by atoms with Crippen LogP contribution in [0.1, 0.15) is 27.2 Å². The third-order valence-electron chi connectivity index (χ3n) is 6.52. The van der Waals surface area contributed by atoms with E-state index in [0.29, 0.717) is 0 Å². The van der Waals surface area contributed by atoms with Gasteiger partial charge in [0.25, 0.3) is 0 Å². The number of fused-ring (bicyclic) bond motifs is 2. The average Bonchev–Trinajstić information content (AvgIpc) is 2.74. The first-order valence-corrected chi connectivity index (χ1v) is 13.7. The summed E-state index contributed by atoms with van der Waals surface area (Å²) in [5.41, 5.74) is 7.94. The topological polar surface area (TPSA) is 56.4 Å². The minimum Gasteiger partial charge on any atom is -0.477 e. The van der Waals surface area contributed by atoms with Crippen molar-refractivity contribution in [2.75, 3.05) is 33.1 Å². The second-order valence-electron chi connectivity index (χ2n) is 9.44. The van der Waals surface area contributed by atoms with Crippen LogP contribution in [0.25, 0.3) is 5.57 Å². The van der Waals surface area contributed by atoms with Crippen LogP contribution in [0.5, 0.6) is 0 Å². The maximum absolute atomic E-state index is 11.5. The molecule has 0 fully saturated rings. The van der Waals surface area contributed by atoms with Gasteiger partial charge in [-0.1, -0.05) is 19.2 Å². The fourth-order valence-electron chi connectivity index (χ4n) is 4.61. The van der Waals surface area contributed by atoms with Gasteiger partial charge in [0.2, 0.25) is 0 Å². The van der Waals surface area contributed by atoms with Crippen LogP contribution in [-0.4, -0.2) is 62.6 Å². The normalized spacial score (nSPS) is 16.3. The fourth-order valence-corrected chi connectivity index (χ4v) is 7.68. The highest BCUT2D eigenvalue weighted by atomic mass is 28.3. The van der Waals surface area contributed by atoms with Gasteiger partial charge in [0, 0.05) is 43.7 Å². The van der Waals surface area contributed by atoms with Crippen LogP contribution < -0.4 is 10.1 Å². The zero-order valence-electron chi connectivity index (χ0n) is 19.8. The zero-order valence-corrected chi connectivity index (χ0v) is 20.8. The number of carboxylic acid groups (broad SMARTS) is 1. The first kappa shape index (κ1) is 22.0. The molecule has 0 unspecified atom stereocenters. The maximum Gasteiger partial charge on any atom is 0.354 e. The number of allylic oxidation sites excluding steroid dienone is 5. The molecule has 0 saturated heterocycles. The quantitative estimate of drug-likeness (QED) is 0.580. The molecule has 1 aliphatic heterocycles. The third kappa shape index (κ3) is 3.44. The van der Waals surface area contributed by atoms with Crippen LogP contribution in [0, 0.1) is 6.92 Å². The molecule has 0 radical (unpaired) electrons. The molecule has 1 aromatic heterocycles. The van der Waals surface area contributed by atoms with Crippen LogP contribution in [0.4, 0.5) is 5.69 Å². The van der Waals surface area contributed by atoms with Gasteiger partial charge < -0.3 is 10.0 Å². The van der Waals surface area contributed by atoms with Gasteiger partial charge in [-0.3, -0.25) is 0 Å². The first-order chi connectivity index (χ1) is 15.0.